The van der Waals surface area contributed by atoms with Gasteiger partial charge in [-0.25, -0.2) is 9.97 Å². The second kappa shape index (κ2) is 8.84. The highest BCUT2D eigenvalue weighted by molar-refractivity contribution is 5.91. The number of anilines is 1. The number of carbonyl (C=O) groups excluding carboxylic acids is 1. The van der Waals surface area contributed by atoms with Gasteiger partial charge < -0.3 is 11.1 Å². The molecule has 0 saturated carbocycles. The maximum atomic E-state index is 11.9. The zero-order valence-electron chi connectivity index (χ0n) is 17.4. The molecule has 1 fully saturated rings. The van der Waals surface area contributed by atoms with Crippen molar-refractivity contribution >= 4 is 22.6 Å². The van der Waals surface area contributed by atoms with Crippen LogP contribution in [0, 0.1) is 5.92 Å². The molecule has 1 aromatic carbocycles. The van der Waals surface area contributed by atoms with Crippen molar-refractivity contribution in [1.82, 2.24) is 19.8 Å². The summed E-state index contributed by atoms with van der Waals surface area (Å²) < 4.78 is 0. The summed E-state index contributed by atoms with van der Waals surface area (Å²) >= 11 is 0. The first-order valence-electron chi connectivity index (χ1n) is 10.1. The van der Waals surface area contributed by atoms with Crippen molar-refractivity contribution in [3.8, 4) is 0 Å². The molecule has 152 valence electrons. The van der Waals surface area contributed by atoms with E-state index in [4.69, 9.17) is 15.7 Å². The van der Waals surface area contributed by atoms with Crippen LogP contribution in [0.4, 0.5) is 5.82 Å². The van der Waals surface area contributed by atoms with Gasteiger partial charge in [0.05, 0.1) is 12.1 Å². The lowest BCUT2D eigenvalue weighted by molar-refractivity contribution is -0.119. The van der Waals surface area contributed by atoms with Crippen molar-refractivity contribution in [2.75, 3.05) is 31.5 Å². The Morgan fingerprint density at radius 3 is 2.39 bits per heavy atom. The fourth-order valence-corrected chi connectivity index (χ4v) is 3.66. The maximum Gasteiger partial charge on any atom is 0.240 e. The number of nitrogens with two attached hydrogens (primary N) is 1. The molecule has 2 heterocycles. The fourth-order valence-electron chi connectivity index (χ4n) is 3.66. The Hall–Kier alpha value is -2.25. The number of piperazine rings is 1. The van der Waals surface area contributed by atoms with Gasteiger partial charge in [0, 0.05) is 37.6 Å². The minimum absolute atomic E-state index is 0.0683. The molecule has 0 bridgehead atoms. The van der Waals surface area contributed by atoms with Crippen LogP contribution in [0.1, 0.15) is 33.5 Å². The number of aromatic nitrogens is 2. The van der Waals surface area contributed by atoms with Crippen LogP contribution in [0.5, 0.6) is 0 Å². The van der Waals surface area contributed by atoms with Crippen LogP contribution >= 0.6 is 0 Å². The third-order valence-electron chi connectivity index (χ3n) is 5.42. The largest absolute Gasteiger partial charge is 0.368 e. The molecular formula is C21H32N6O. The Balaban J connectivity index is 1.83. The first kappa shape index (κ1) is 20.5. The molecule has 1 amide bonds. The van der Waals surface area contributed by atoms with E-state index in [0.29, 0.717) is 18.4 Å². The molecule has 1 aliphatic rings. The number of nitrogens with zero attached hydrogens (tertiary/aromatic N) is 4. The Morgan fingerprint density at radius 2 is 1.79 bits per heavy atom. The molecule has 3 rings (SSSR count). The molecule has 3 N–H and O–H groups in total. The number of hydrogen-bond donors (Lipinski definition) is 2. The van der Waals surface area contributed by atoms with Gasteiger partial charge >= 0.3 is 0 Å². The summed E-state index contributed by atoms with van der Waals surface area (Å²) in [5.74, 6) is 1.15. The molecule has 1 saturated heterocycles. The number of fused-ring (bicyclic) bond motifs is 1. The molecule has 1 aliphatic heterocycles. The molecule has 0 radical (unpaired) electrons. The van der Waals surface area contributed by atoms with Gasteiger partial charge in [0.1, 0.15) is 17.7 Å². The van der Waals surface area contributed by atoms with E-state index >= 15 is 0 Å². The van der Waals surface area contributed by atoms with Gasteiger partial charge in [-0.05, 0) is 31.9 Å². The summed E-state index contributed by atoms with van der Waals surface area (Å²) in [6.45, 7) is 13.3. The Labute approximate surface area is 167 Å². The Morgan fingerprint density at radius 1 is 1.11 bits per heavy atom. The van der Waals surface area contributed by atoms with Crippen LogP contribution in [0.2, 0.25) is 0 Å². The van der Waals surface area contributed by atoms with Crippen LogP contribution in [0.15, 0.2) is 24.3 Å². The first-order valence-corrected chi connectivity index (χ1v) is 10.1. The highest BCUT2D eigenvalue weighted by atomic mass is 16.1. The van der Waals surface area contributed by atoms with Crippen molar-refractivity contribution < 1.29 is 4.79 Å². The first-order chi connectivity index (χ1) is 13.3. The van der Waals surface area contributed by atoms with Crippen molar-refractivity contribution in [2.24, 2.45) is 11.7 Å². The zero-order chi connectivity index (χ0) is 20.3. The van der Waals surface area contributed by atoms with E-state index in [9.17, 15) is 4.79 Å². The average Bonchev–Trinajstić information content (AvgIpc) is 2.65. The third kappa shape index (κ3) is 4.77. The molecule has 0 aliphatic carbocycles. The van der Waals surface area contributed by atoms with Gasteiger partial charge in [0.2, 0.25) is 5.91 Å². The minimum Gasteiger partial charge on any atom is -0.368 e. The fraction of sp³-hybridized carbons (Fsp3) is 0.571. The number of para-hydroxylation sites is 1. The smallest absolute Gasteiger partial charge is 0.240 e. The summed E-state index contributed by atoms with van der Waals surface area (Å²) in [4.78, 5) is 26.3. The number of hydrogen-bond acceptors (Lipinski definition) is 6. The van der Waals surface area contributed by atoms with Gasteiger partial charge in [-0.3, -0.25) is 14.6 Å². The van der Waals surface area contributed by atoms with Gasteiger partial charge in [-0.2, -0.15) is 0 Å². The van der Waals surface area contributed by atoms with E-state index in [0.717, 1.165) is 42.9 Å². The molecule has 7 nitrogen and oxygen atoms in total. The van der Waals surface area contributed by atoms with E-state index in [2.05, 4.69) is 29.0 Å². The SMILES string of the molecule is CC(C)[C@H](Nc1nc(CN2CCN(C(C)C)CC2)nc2ccccc12)C(N)=O. The number of primary amides is 1. The molecule has 0 unspecified atom stereocenters. The molecule has 1 atom stereocenters. The van der Waals surface area contributed by atoms with Crippen LogP contribution in [-0.2, 0) is 11.3 Å². The van der Waals surface area contributed by atoms with Gasteiger partial charge in [-0.15, -0.1) is 0 Å². The second-order valence-corrected chi connectivity index (χ2v) is 8.18. The molecule has 7 heteroatoms. The average molecular weight is 385 g/mol. The summed E-state index contributed by atoms with van der Waals surface area (Å²) in [6.07, 6.45) is 0. The van der Waals surface area contributed by atoms with Crippen LogP contribution in [-0.4, -0.2) is 63.9 Å². The van der Waals surface area contributed by atoms with Crippen LogP contribution < -0.4 is 11.1 Å². The predicted octanol–water partition coefficient (Wildman–Crippen LogP) is 2.08. The highest BCUT2D eigenvalue weighted by Crippen LogP contribution is 2.23. The number of rotatable bonds is 7. The summed E-state index contributed by atoms with van der Waals surface area (Å²) in [6, 6.07) is 7.99. The van der Waals surface area contributed by atoms with Gasteiger partial charge in [0.15, 0.2) is 0 Å². The zero-order valence-corrected chi connectivity index (χ0v) is 17.4. The number of carbonyl (C=O) groups is 1. The number of amides is 1. The molecule has 1 aromatic heterocycles. The molecule has 2 aromatic rings. The number of nitrogens with one attached hydrogen (secondary N) is 1. The van der Waals surface area contributed by atoms with Gasteiger partial charge in [-0.1, -0.05) is 26.0 Å². The van der Waals surface area contributed by atoms with Gasteiger partial charge in [0.25, 0.3) is 0 Å². The monoisotopic (exact) mass is 384 g/mol. The highest BCUT2D eigenvalue weighted by Gasteiger charge is 2.23. The second-order valence-electron chi connectivity index (χ2n) is 8.18. The minimum atomic E-state index is -0.472. The molecule has 28 heavy (non-hydrogen) atoms. The van der Waals surface area contributed by atoms with Crippen molar-refractivity contribution in [2.45, 2.75) is 46.3 Å². The summed E-state index contributed by atoms with van der Waals surface area (Å²) in [5, 5.41) is 4.17. The van der Waals surface area contributed by atoms with Crippen molar-refractivity contribution in [3.63, 3.8) is 0 Å². The van der Waals surface area contributed by atoms with E-state index in [-0.39, 0.29) is 11.8 Å². The Kier molecular flexibility index (Phi) is 6.46. The van der Waals surface area contributed by atoms with Crippen LogP contribution in [0.25, 0.3) is 10.9 Å². The maximum absolute atomic E-state index is 11.9. The normalized spacial score (nSPS) is 17.4. The summed E-state index contributed by atoms with van der Waals surface area (Å²) in [5.41, 5.74) is 6.47. The quantitative estimate of drug-likeness (QED) is 0.760. The topological polar surface area (TPSA) is 87.4 Å². The van der Waals surface area contributed by atoms with E-state index in [1.165, 1.54) is 0 Å². The van der Waals surface area contributed by atoms with Crippen molar-refractivity contribution in [1.29, 1.82) is 0 Å². The lowest BCUT2D eigenvalue weighted by Gasteiger charge is -2.36. The summed E-state index contributed by atoms with van der Waals surface area (Å²) in [7, 11) is 0. The molecule has 0 spiro atoms. The van der Waals surface area contributed by atoms with Crippen molar-refractivity contribution in [3.05, 3.63) is 30.1 Å². The van der Waals surface area contributed by atoms with E-state index in [1.54, 1.807) is 0 Å². The lowest BCUT2D eigenvalue weighted by Crippen LogP contribution is -2.48. The predicted molar refractivity (Wildman–Crippen MR) is 113 cm³/mol. The lowest BCUT2D eigenvalue weighted by atomic mass is 10.0. The van der Waals surface area contributed by atoms with E-state index in [1.807, 2.05) is 38.1 Å². The third-order valence-corrected chi connectivity index (χ3v) is 5.42. The molecular weight excluding hydrogens is 352 g/mol. The number of benzene rings is 1. The van der Waals surface area contributed by atoms with Crippen LogP contribution in [0.3, 0.4) is 0 Å². The Bertz CT molecular complexity index is 814. The van der Waals surface area contributed by atoms with E-state index < -0.39 is 6.04 Å². The standard InChI is InChI=1S/C21H32N6O/c1-14(2)19(20(22)28)25-21-16-7-5-6-8-17(16)23-18(24-21)13-26-9-11-27(12-10-26)15(3)4/h5-8,14-15,19H,9-13H2,1-4H3,(H2,22,28)(H,23,24,25)/t19-/m0/s1.